The predicted molar refractivity (Wildman–Crippen MR) is 75.1 cm³/mol. The van der Waals surface area contributed by atoms with E-state index in [1.165, 1.54) is 19.2 Å². The molecule has 0 unspecified atom stereocenters. The summed E-state index contributed by atoms with van der Waals surface area (Å²) in [5, 5.41) is 13.9. The fourth-order valence-electron chi connectivity index (χ4n) is 1.58. The maximum Gasteiger partial charge on any atom is 0.335 e. The largest absolute Gasteiger partial charge is 0.478 e. The van der Waals surface area contributed by atoms with Crippen molar-refractivity contribution in [3.63, 3.8) is 0 Å². The number of carbonyl (C=O) groups excluding carboxylic acids is 2. The lowest BCUT2D eigenvalue weighted by Crippen LogP contribution is -2.37. The van der Waals surface area contributed by atoms with Gasteiger partial charge in [-0.15, -0.1) is 0 Å². The molecule has 0 aliphatic carbocycles. The molecule has 0 aliphatic rings. The Balaban J connectivity index is 2.22. The zero-order chi connectivity index (χ0) is 15.7. The minimum absolute atomic E-state index is 0.126. The molecule has 0 radical (unpaired) electrons. The summed E-state index contributed by atoms with van der Waals surface area (Å²) in [6, 6.07) is 6.10. The topological polar surface area (TPSA) is 105 Å². The maximum atomic E-state index is 11.4. The summed E-state index contributed by atoms with van der Waals surface area (Å²) in [5.74, 6) is -1.35. The Morgan fingerprint density at radius 3 is 2.29 bits per heavy atom. The second kappa shape index (κ2) is 8.57. The lowest BCUT2D eigenvalue weighted by atomic mass is 10.1. The van der Waals surface area contributed by atoms with E-state index in [4.69, 9.17) is 5.11 Å². The van der Waals surface area contributed by atoms with Crippen molar-refractivity contribution in [1.82, 2.24) is 10.6 Å². The number of urea groups is 1. The van der Waals surface area contributed by atoms with Crippen molar-refractivity contribution in [2.45, 2.75) is 12.8 Å². The van der Waals surface area contributed by atoms with Gasteiger partial charge in [0, 0.05) is 13.1 Å². The average Bonchev–Trinajstić information content (AvgIpc) is 2.47. The van der Waals surface area contributed by atoms with Gasteiger partial charge >= 0.3 is 18.0 Å². The molecule has 114 valence electrons. The van der Waals surface area contributed by atoms with Crippen LogP contribution in [-0.2, 0) is 16.0 Å². The van der Waals surface area contributed by atoms with Gasteiger partial charge in [0.15, 0.2) is 0 Å². The minimum Gasteiger partial charge on any atom is -0.478 e. The molecule has 0 saturated heterocycles. The van der Waals surface area contributed by atoms with Crippen LogP contribution in [-0.4, -0.2) is 43.3 Å². The fourth-order valence-corrected chi connectivity index (χ4v) is 1.58. The van der Waals surface area contributed by atoms with Gasteiger partial charge in [-0.25, -0.2) is 9.59 Å². The van der Waals surface area contributed by atoms with E-state index in [0.29, 0.717) is 13.0 Å². The smallest absolute Gasteiger partial charge is 0.335 e. The highest BCUT2D eigenvalue weighted by Crippen LogP contribution is 2.04. The van der Waals surface area contributed by atoms with E-state index < -0.39 is 5.97 Å². The Kier molecular flexibility index (Phi) is 6.73. The maximum absolute atomic E-state index is 11.4. The monoisotopic (exact) mass is 294 g/mol. The fraction of sp³-hybridized carbons (Fsp3) is 0.357. The average molecular weight is 294 g/mol. The quantitative estimate of drug-likeness (QED) is 0.645. The summed E-state index contributed by atoms with van der Waals surface area (Å²) in [6.07, 6.45) is 0.713. The molecule has 2 amide bonds. The van der Waals surface area contributed by atoms with E-state index in [2.05, 4.69) is 15.4 Å². The van der Waals surface area contributed by atoms with Gasteiger partial charge in [0.2, 0.25) is 0 Å². The Morgan fingerprint density at radius 1 is 1.10 bits per heavy atom. The van der Waals surface area contributed by atoms with Gasteiger partial charge in [-0.1, -0.05) is 12.1 Å². The van der Waals surface area contributed by atoms with Crippen molar-refractivity contribution >= 4 is 18.0 Å². The van der Waals surface area contributed by atoms with Crippen molar-refractivity contribution in [2.24, 2.45) is 0 Å². The first-order valence-corrected chi connectivity index (χ1v) is 6.43. The number of hydrogen-bond donors (Lipinski definition) is 3. The number of benzene rings is 1. The van der Waals surface area contributed by atoms with Crippen LogP contribution in [0.5, 0.6) is 0 Å². The number of nitrogens with one attached hydrogen (secondary N) is 2. The predicted octanol–water partition coefficient (Wildman–Crippen LogP) is 0.790. The van der Waals surface area contributed by atoms with Gasteiger partial charge in [-0.2, -0.15) is 0 Å². The van der Waals surface area contributed by atoms with Crippen LogP contribution < -0.4 is 10.6 Å². The van der Waals surface area contributed by atoms with E-state index in [-0.39, 0.29) is 30.5 Å². The number of rotatable bonds is 7. The summed E-state index contributed by atoms with van der Waals surface area (Å²) in [7, 11) is 1.29. The Morgan fingerprint density at radius 2 is 1.71 bits per heavy atom. The third kappa shape index (κ3) is 6.42. The van der Waals surface area contributed by atoms with Crippen LogP contribution in [0, 0.1) is 0 Å². The third-order valence-corrected chi connectivity index (χ3v) is 2.74. The normalized spacial score (nSPS) is 9.76. The number of ether oxygens (including phenoxy) is 1. The molecule has 1 rings (SSSR count). The molecule has 0 aliphatic heterocycles. The highest BCUT2D eigenvalue weighted by molar-refractivity contribution is 5.87. The molecule has 0 atom stereocenters. The van der Waals surface area contributed by atoms with Gasteiger partial charge in [-0.05, 0) is 24.1 Å². The molecule has 1 aromatic carbocycles. The van der Waals surface area contributed by atoms with Gasteiger partial charge < -0.3 is 20.5 Å². The van der Waals surface area contributed by atoms with Crippen LogP contribution in [0.15, 0.2) is 24.3 Å². The zero-order valence-electron chi connectivity index (χ0n) is 11.7. The number of carboxylic acid groups (broad SMARTS) is 1. The second-order valence-corrected chi connectivity index (χ2v) is 4.26. The molecule has 0 spiro atoms. The Hall–Kier alpha value is -2.57. The van der Waals surface area contributed by atoms with E-state index in [0.717, 1.165) is 5.56 Å². The molecular weight excluding hydrogens is 276 g/mol. The van der Waals surface area contributed by atoms with E-state index in [1.54, 1.807) is 12.1 Å². The number of esters is 1. The SMILES string of the molecule is COC(=O)CCNC(=O)NCCc1ccc(C(=O)O)cc1. The van der Waals surface area contributed by atoms with E-state index in [1.807, 2.05) is 0 Å². The number of carbonyl (C=O) groups is 3. The molecule has 3 N–H and O–H groups in total. The molecule has 1 aromatic rings. The van der Waals surface area contributed by atoms with Crippen LogP contribution in [0.1, 0.15) is 22.3 Å². The van der Waals surface area contributed by atoms with Gasteiger partial charge in [0.05, 0.1) is 19.1 Å². The molecular formula is C14H18N2O5. The zero-order valence-corrected chi connectivity index (χ0v) is 11.7. The van der Waals surface area contributed by atoms with Gasteiger partial charge in [0.25, 0.3) is 0 Å². The number of hydrogen-bond acceptors (Lipinski definition) is 4. The van der Waals surface area contributed by atoms with Crippen LogP contribution in [0.25, 0.3) is 0 Å². The highest BCUT2D eigenvalue weighted by atomic mass is 16.5. The van der Waals surface area contributed by atoms with E-state index in [9.17, 15) is 14.4 Å². The molecule has 0 saturated carbocycles. The van der Waals surface area contributed by atoms with Gasteiger partial charge in [-0.3, -0.25) is 4.79 Å². The van der Waals surface area contributed by atoms with Gasteiger partial charge in [0.1, 0.15) is 0 Å². The molecule has 21 heavy (non-hydrogen) atoms. The summed E-state index contributed by atoms with van der Waals surface area (Å²) in [5.41, 5.74) is 1.15. The Labute approximate surface area is 122 Å². The van der Waals surface area contributed by atoms with Crippen LogP contribution in [0.3, 0.4) is 0 Å². The first kappa shape index (κ1) is 16.5. The lowest BCUT2D eigenvalue weighted by molar-refractivity contribution is -0.140. The van der Waals surface area contributed by atoms with Crippen LogP contribution in [0.4, 0.5) is 4.79 Å². The van der Waals surface area contributed by atoms with Crippen molar-refractivity contribution in [1.29, 1.82) is 0 Å². The Bertz CT molecular complexity index is 499. The standard InChI is InChI=1S/C14H18N2O5/c1-21-12(17)7-9-16-14(20)15-8-6-10-2-4-11(5-3-10)13(18)19/h2-5H,6-9H2,1H3,(H,18,19)(H2,15,16,20). The first-order valence-electron chi connectivity index (χ1n) is 6.43. The van der Waals surface area contributed by atoms with Crippen LogP contribution >= 0.6 is 0 Å². The van der Waals surface area contributed by atoms with Crippen molar-refractivity contribution < 1.29 is 24.2 Å². The molecule has 0 fully saturated rings. The lowest BCUT2D eigenvalue weighted by Gasteiger charge is -2.07. The third-order valence-electron chi connectivity index (χ3n) is 2.74. The summed E-state index contributed by atoms with van der Waals surface area (Å²) >= 11 is 0. The molecule has 7 nitrogen and oxygen atoms in total. The second-order valence-electron chi connectivity index (χ2n) is 4.26. The van der Waals surface area contributed by atoms with Crippen molar-refractivity contribution in [3.8, 4) is 0 Å². The molecule has 0 aromatic heterocycles. The number of methoxy groups -OCH3 is 1. The van der Waals surface area contributed by atoms with E-state index >= 15 is 0 Å². The van der Waals surface area contributed by atoms with Crippen LogP contribution in [0.2, 0.25) is 0 Å². The summed E-state index contributed by atoms with van der Waals surface area (Å²) < 4.78 is 4.45. The molecule has 0 bridgehead atoms. The number of carboxylic acids is 1. The summed E-state index contributed by atoms with van der Waals surface area (Å²) in [4.78, 5) is 32.9. The molecule has 7 heteroatoms. The number of amides is 2. The first-order chi connectivity index (χ1) is 10.0. The van der Waals surface area contributed by atoms with Crippen molar-refractivity contribution in [3.05, 3.63) is 35.4 Å². The number of aromatic carboxylic acids is 1. The van der Waals surface area contributed by atoms with Crippen molar-refractivity contribution in [2.75, 3.05) is 20.2 Å². The highest BCUT2D eigenvalue weighted by Gasteiger charge is 2.04. The molecule has 0 heterocycles. The summed E-state index contributed by atoms with van der Waals surface area (Å²) in [6.45, 7) is 0.627. The minimum atomic E-state index is -0.968.